The minimum absolute atomic E-state index is 0.0130. The van der Waals surface area contributed by atoms with Crippen LogP contribution in [-0.4, -0.2) is 64.5 Å². The molecular formula is C13H19N5O2. The maximum atomic E-state index is 12.4. The third-order valence-electron chi connectivity index (χ3n) is 3.41. The van der Waals surface area contributed by atoms with Crippen LogP contribution in [0.15, 0.2) is 23.5 Å². The topological polar surface area (TPSA) is 95.1 Å². The summed E-state index contributed by atoms with van der Waals surface area (Å²) in [4.78, 5) is 20.4. The van der Waals surface area contributed by atoms with Crippen LogP contribution in [0.2, 0.25) is 0 Å². The van der Waals surface area contributed by atoms with Crippen LogP contribution in [0.4, 0.5) is 0 Å². The number of pyridine rings is 1. The van der Waals surface area contributed by atoms with E-state index in [-0.39, 0.29) is 11.7 Å². The molecule has 2 rings (SSSR count). The van der Waals surface area contributed by atoms with Crippen LogP contribution < -0.4 is 5.73 Å². The van der Waals surface area contributed by atoms with Crippen molar-refractivity contribution in [2.75, 3.05) is 32.7 Å². The normalized spacial score (nSPS) is 17.2. The van der Waals surface area contributed by atoms with Gasteiger partial charge < -0.3 is 15.8 Å². The number of rotatable bonds is 3. The number of hydrogen-bond donors (Lipinski definition) is 2. The van der Waals surface area contributed by atoms with Crippen LogP contribution >= 0.6 is 0 Å². The maximum absolute atomic E-state index is 12.4. The Morgan fingerprint density at radius 3 is 2.75 bits per heavy atom. The Hall–Kier alpha value is -2.15. The molecule has 2 heterocycles. The Kier molecular flexibility index (Phi) is 4.52. The van der Waals surface area contributed by atoms with Crippen LogP contribution in [0.1, 0.15) is 16.1 Å². The molecule has 0 aromatic carbocycles. The monoisotopic (exact) mass is 277 g/mol. The lowest BCUT2D eigenvalue weighted by Crippen LogP contribution is -2.50. The van der Waals surface area contributed by atoms with Gasteiger partial charge in [0.05, 0.1) is 12.1 Å². The predicted molar refractivity (Wildman–Crippen MR) is 74.7 cm³/mol. The molecule has 0 saturated carbocycles. The van der Waals surface area contributed by atoms with Crippen LogP contribution in [-0.2, 0) is 0 Å². The van der Waals surface area contributed by atoms with E-state index in [1.807, 2.05) is 11.8 Å². The maximum Gasteiger partial charge on any atom is 0.255 e. The third-order valence-corrected chi connectivity index (χ3v) is 3.41. The van der Waals surface area contributed by atoms with Gasteiger partial charge in [0.15, 0.2) is 5.84 Å². The Bertz CT molecular complexity index is 509. The van der Waals surface area contributed by atoms with Crippen molar-refractivity contribution in [2.24, 2.45) is 10.9 Å². The smallest absolute Gasteiger partial charge is 0.255 e. The highest BCUT2D eigenvalue weighted by Crippen LogP contribution is 2.10. The van der Waals surface area contributed by atoms with Gasteiger partial charge in [0.25, 0.3) is 5.91 Å². The fourth-order valence-electron chi connectivity index (χ4n) is 2.25. The summed E-state index contributed by atoms with van der Waals surface area (Å²) in [5.74, 6) is 0.201. The van der Waals surface area contributed by atoms with Crippen LogP contribution in [0.5, 0.6) is 0 Å². The molecule has 1 aromatic rings. The lowest BCUT2D eigenvalue weighted by atomic mass is 10.1. The highest BCUT2D eigenvalue weighted by atomic mass is 16.4. The zero-order valence-electron chi connectivity index (χ0n) is 11.5. The standard InChI is InChI=1S/C13H19N5O2/c1-10-11(3-2-4-15-10)13(19)18-7-5-17(6-8-18)9-12(14)16-20/h2-4,20H,5-9H2,1H3,(H2,14,16). The van der Waals surface area contributed by atoms with Crippen molar-refractivity contribution in [3.63, 3.8) is 0 Å². The largest absolute Gasteiger partial charge is 0.409 e. The van der Waals surface area contributed by atoms with Gasteiger partial charge in [-0.15, -0.1) is 0 Å². The second-order valence-electron chi connectivity index (χ2n) is 4.80. The van der Waals surface area contributed by atoms with E-state index in [2.05, 4.69) is 15.0 Å². The number of carbonyl (C=O) groups is 1. The molecule has 0 unspecified atom stereocenters. The number of amidine groups is 1. The first kappa shape index (κ1) is 14.3. The van der Waals surface area contributed by atoms with E-state index in [9.17, 15) is 4.79 Å². The molecule has 0 atom stereocenters. The molecule has 1 aromatic heterocycles. The van der Waals surface area contributed by atoms with Crippen LogP contribution in [0.3, 0.4) is 0 Å². The van der Waals surface area contributed by atoms with Crippen molar-refractivity contribution in [1.82, 2.24) is 14.8 Å². The molecule has 7 heteroatoms. The van der Waals surface area contributed by atoms with Gasteiger partial charge in [-0.25, -0.2) is 0 Å². The zero-order valence-corrected chi connectivity index (χ0v) is 11.5. The van der Waals surface area contributed by atoms with E-state index in [0.717, 1.165) is 5.69 Å². The minimum Gasteiger partial charge on any atom is -0.409 e. The first-order valence-corrected chi connectivity index (χ1v) is 6.51. The number of nitrogens with two attached hydrogens (primary N) is 1. The first-order valence-electron chi connectivity index (χ1n) is 6.51. The van der Waals surface area contributed by atoms with Crippen molar-refractivity contribution >= 4 is 11.7 Å². The van der Waals surface area contributed by atoms with Gasteiger partial charge in [0, 0.05) is 38.1 Å². The molecule has 1 aliphatic rings. The first-order chi connectivity index (χ1) is 9.61. The lowest BCUT2D eigenvalue weighted by molar-refractivity contribution is 0.0652. The van der Waals surface area contributed by atoms with Gasteiger partial charge in [0.2, 0.25) is 0 Å². The minimum atomic E-state index is 0.0130. The molecular weight excluding hydrogens is 258 g/mol. The second-order valence-corrected chi connectivity index (χ2v) is 4.80. The number of hydrogen-bond acceptors (Lipinski definition) is 5. The van der Waals surface area contributed by atoms with E-state index in [1.165, 1.54) is 0 Å². The number of amides is 1. The van der Waals surface area contributed by atoms with Gasteiger partial charge in [0.1, 0.15) is 0 Å². The van der Waals surface area contributed by atoms with Crippen molar-refractivity contribution in [2.45, 2.75) is 6.92 Å². The summed E-state index contributed by atoms with van der Waals surface area (Å²) in [5, 5.41) is 11.5. The third kappa shape index (κ3) is 3.24. The molecule has 0 spiro atoms. The molecule has 1 aliphatic heterocycles. The second kappa shape index (κ2) is 6.33. The Morgan fingerprint density at radius 2 is 2.15 bits per heavy atom. The fraction of sp³-hybridized carbons (Fsp3) is 0.462. The summed E-state index contributed by atoms with van der Waals surface area (Å²) in [5.41, 5.74) is 6.88. The van der Waals surface area contributed by atoms with Gasteiger partial charge in [-0.2, -0.15) is 0 Å². The molecule has 0 bridgehead atoms. The van der Waals surface area contributed by atoms with E-state index < -0.39 is 0 Å². The van der Waals surface area contributed by atoms with Gasteiger partial charge >= 0.3 is 0 Å². The number of aryl methyl sites for hydroxylation is 1. The van der Waals surface area contributed by atoms with Crippen molar-refractivity contribution in [3.8, 4) is 0 Å². The summed E-state index contributed by atoms with van der Waals surface area (Å²) in [7, 11) is 0. The highest BCUT2D eigenvalue weighted by Gasteiger charge is 2.23. The van der Waals surface area contributed by atoms with E-state index in [0.29, 0.717) is 38.3 Å². The lowest BCUT2D eigenvalue weighted by Gasteiger charge is -2.34. The van der Waals surface area contributed by atoms with E-state index in [1.54, 1.807) is 18.3 Å². The Balaban J connectivity index is 1.94. The summed E-state index contributed by atoms with van der Waals surface area (Å²) < 4.78 is 0. The molecule has 1 saturated heterocycles. The number of carbonyl (C=O) groups excluding carboxylic acids is 1. The predicted octanol–water partition coefficient (Wildman–Crippen LogP) is -0.106. The van der Waals surface area contributed by atoms with E-state index in [4.69, 9.17) is 10.9 Å². The summed E-state index contributed by atoms with van der Waals surface area (Å²) >= 11 is 0. The fourth-order valence-corrected chi connectivity index (χ4v) is 2.25. The zero-order chi connectivity index (χ0) is 14.5. The molecule has 3 N–H and O–H groups in total. The van der Waals surface area contributed by atoms with E-state index >= 15 is 0 Å². The molecule has 1 fully saturated rings. The quantitative estimate of drug-likeness (QED) is 0.348. The van der Waals surface area contributed by atoms with Crippen molar-refractivity contribution in [3.05, 3.63) is 29.6 Å². The molecule has 1 amide bonds. The van der Waals surface area contributed by atoms with Crippen molar-refractivity contribution in [1.29, 1.82) is 0 Å². The molecule has 108 valence electrons. The van der Waals surface area contributed by atoms with Gasteiger partial charge in [-0.05, 0) is 19.1 Å². The molecule has 0 radical (unpaired) electrons. The average molecular weight is 277 g/mol. The highest BCUT2D eigenvalue weighted by molar-refractivity contribution is 5.95. The van der Waals surface area contributed by atoms with Gasteiger partial charge in [-0.1, -0.05) is 5.16 Å². The number of nitrogens with zero attached hydrogens (tertiary/aromatic N) is 4. The molecule has 0 aliphatic carbocycles. The Morgan fingerprint density at radius 1 is 1.45 bits per heavy atom. The van der Waals surface area contributed by atoms with Crippen LogP contribution in [0, 0.1) is 6.92 Å². The summed E-state index contributed by atoms with van der Waals surface area (Å²) in [6, 6.07) is 3.57. The van der Waals surface area contributed by atoms with Gasteiger partial charge in [-0.3, -0.25) is 14.7 Å². The SMILES string of the molecule is Cc1ncccc1C(=O)N1CCN(C/C(N)=N/O)CC1. The number of oxime groups is 1. The number of aromatic nitrogens is 1. The summed E-state index contributed by atoms with van der Waals surface area (Å²) in [6.07, 6.45) is 1.68. The average Bonchev–Trinajstić information content (AvgIpc) is 2.47. The Labute approximate surface area is 117 Å². The molecule has 7 nitrogen and oxygen atoms in total. The number of piperazine rings is 1. The summed E-state index contributed by atoms with van der Waals surface area (Å²) in [6.45, 7) is 4.94. The van der Waals surface area contributed by atoms with Crippen molar-refractivity contribution < 1.29 is 10.0 Å². The van der Waals surface area contributed by atoms with Crippen LogP contribution in [0.25, 0.3) is 0 Å². The molecule has 20 heavy (non-hydrogen) atoms.